The highest BCUT2D eigenvalue weighted by Gasteiger charge is 2.12. The first kappa shape index (κ1) is 14.2. The monoisotopic (exact) mass is 394 g/mol. The third-order valence-corrected chi connectivity index (χ3v) is 4.51. The number of rotatable bonds is 2. The van der Waals surface area contributed by atoms with Gasteiger partial charge in [0.05, 0.1) is 18.6 Å². The lowest BCUT2D eigenvalue weighted by molar-refractivity contribution is 0.778. The first-order valence-electron chi connectivity index (χ1n) is 6.53. The SMILES string of the molecule is Cc1cnc(Cn2cnc3c(I)nc(N)nc32)c(C)c1C. The highest BCUT2D eigenvalue weighted by atomic mass is 127. The summed E-state index contributed by atoms with van der Waals surface area (Å²) in [5.74, 6) is 0.262. The molecule has 0 atom stereocenters. The van der Waals surface area contributed by atoms with Crippen LogP contribution >= 0.6 is 22.6 Å². The summed E-state index contributed by atoms with van der Waals surface area (Å²) in [6.07, 6.45) is 3.67. The number of aryl methyl sites for hydroxylation is 1. The molecule has 108 valence electrons. The van der Waals surface area contributed by atoms with Crippen molar-refractivity contribution in [3.05, 3.63) is 38.6 Å². The number of anilines is 1. The Labute approximate surface area is 136 Å². The molecule has 21 heavy (non-hydrogen) atoms. The number of nitrogens with zero attached hydrogens (tertiary/aromatic N) is 5. The lowest BCUT2D eigenvalue weighted by Gasteiger charge is -2.11. The van der Waals surface area contributed by atoms with Gasteiger partial charge in [-0.1, -0.05) is 0 Å². The highest BCUT2D eigenvalue weighted by Crippen LogP contribution is 2.20. The van der Waals surface area contributed by atoms with E-state index in [9.17, 15) is 0 Å². The molecule has 6 nitrogen and oxygen atoms in total. The molecule has 0 saturated heterocycles. The van der Waals surface area contributed by atoms with Gasteiger partial charge in [0, 0.05) is 6.20 Å². The van der Waals surface area contributed by atoms with Crippen LogP contribution in [0.3, 0.4) is 0 Å². The van der Waals surface area contributed by atoms with Crippen molar-refractivity contribution in [2.75, 3.05) is 5.73 Å². The van der Waals surface area contributed by atoms with Gasteiger partial charge in [0.1, 0.15) is 9.22 Å². The average molecular weight is 394 g/mol. The largest absolute Gasteiger partial charge is 0.368 e. The number of hydrogen-bond acceptors (Lipinski definition) is 5. The number of imidazole rings is 1. The van der Waals surface area contributed by atoms with E-state index in [1.165, 1.54) is 16.7 Å². The van der Waals surface area contributed by atoms with E-state index in [0.717, 1.165) is 20.6 Å². The maximum atomic E-state index is 5.74. The van der Waals surface area contributed by atoms with Crippen molar-refractivity contribution in [2.24, 2.45) is 0 Å². The maximum Gasteiger partial charge on any atom is 0.223 e. The van der Waals surface area contributed by atoms with Crippen LogP contribution in [0.1, 0.15) is 22.4 Å². The minimum atomic E-state index is 0.262. The number of halogens is 1. The normalized spacial score (nSPS) is 11.2. The molecule has 0 saturated carbocycles. The van der Waals surface area contributed by atoms with Crippen molar-refractivity contribution in [3.63, 3.8) is 0 Å². The molecule has 3 aromatic rings. The number of hydrogen-bond donors (Lipinski definition) is 1. The van der Waals surface area contributed by atoms with Crippen LogP contribution in [0.5, 0.6) is 0 Å². The van der Waals surface area contributed by atoms with E-state index in [4.69, 9.17) is 5.73 Å². The molecule has 7 heteroatoms. The van der Waals surface area contributed by atoms with Gasteiger partial charge in [0.15, 0.2) is 5.65 Å². The zero-order chi connectivity index (χ0) is 15.1. The lowest BCUT2D eigenvalue weighted by atomic mass is 10.0. The first-order chi connectivity index (χ1) is 9.97. The second-order valence-electron chi connectivity index (χ2n) is 5.06. The van der Waals surface area contributed by atoms with Gasteiger partial charge in [-0.25, -0.2) is 9.97 Å². The van der Waals surface area contributed by atoms with Gasteiger partial charge in [-0.2, -0.15) is 4.98 Å². The minimum absolute atomic E-state index is 0.262. The third kappa shape index (κ3) is 2.45. The van der Waals surface area contributed by atoms with E-state index in [2.05, 4.69) is 63.3 Å². The molecule has 0 aliphatic carbocycles. The molecule has 0 bridgehead atoms. The molecule has 0 unspecified atom stereocenters. The van der Waals surface area contributed by atoms with Gasteiger partial charge in [0.2, 0.25) is 5.95 Å². The molecular formula is C14H15IN6. The summed E-state index contributed by atoms with van der Waals surface area (Å²) in [4.78, 5) is 17.3. The quantitative estimate of drug-likeness (QED) is 0.533. The van der Waals surface area contributed by atoms with E-state index < -0.39 is 0 Å². The smallest absolute Gasteiger partial charge is 0.223 e. The van der Waals surface area contributed by atoms with Gasteiger partial charge < -0.3 is 10.3 Å². The van der Waals surface area contributed by atoms with E-state index >= 15 is 0 Å². The van der Waals surface area contributed by atoms with Crippen LogP contribution in [0, 0.1) is 24.5 Å². The van der Waals surface area contributed by atoms with Crippen LogP contribution in [0.4, 0.5) is 5.95 Å². The van der Waals surface area contributed by atoms with Gasteiger partial charge in [-0.15, -0.1) is 0 Å². The first-order valence-corrected chi connectivity index (χ1v) is 7.60. The molecule has 0 radical (unpaired) electrons. The van der Waals surface area contributed by atoms with Crippen molar-refractivity contribution in [2.45, 2.75) is 27.3 Å². The number of aromatic nitrogens is 5. The third-order valence-electron chi connectivity index (χ3n) is 3.76. The Hall–Kier alpha value is -1.77. The summed E-state index contributed by atoms with van der Waals surface area (Å²) in [7, 11) is 0. The number of nitrogen functional groups attached to an aromatic ring is 1. The minimum Gasteiger partial charge on any atom is -0.368 e. The summed E-state index contributed by atoms with van der Waals surface area (Å²) in [5, 5.41) is 0. The summed E-state index contributed by atoms with van der Waals surface area (Å²) < 4.78 is 2.72. The van der Waals surface area contributed by atoms with Crippen LogP contribution in [0.25, 0.3) is 11.2 Å². The van der Waals surface area contributed by atoms with Crippen LogP contribution in [-0.2, 0) is 6.54 Å². The summed E-state index contributed by atoms with van der Waals surface area (Å²) in [6, 6.07) is 0. The fourth-order valence-electron chi connectivity index (χ4n) is 2.24. The Morgan fingerprint density at radius 2 is 1.90 bits per heavy atom. The Kier molecular flexibility index (Phi) is 3.52. The van der Waals surface area contributed by atoms with E-state index in [1.807, 2.05) is 10.8 Å². The van der Waals surface area contributed by atoms with Crippen LogP contribution in [0.2, 0.25) is 0 Å². The second kappa shape index (κ2) is 5.21. The van der Waals surface area contributed by atoms with E-state index in [0.29, 0.717) is 6.54 Å². The molecule has 2 N–H and O–H groups in total. The average Bonchev–Trinajstić information content (AvgIpc) is 2.83. The summed E-state index contributed by atoms with van der Waals surface area (Å²) in [6.45, 7) is 6.90. The van der Waals surface area contributed by atoms with E-state index in [1.54, 1.807) is 6.33 Å². The molecular weight excluding hydrogens is 379 g/mol. The number of nitrogens with two attached hydrogens (primary N) is 1. The van der Waals surface area contributed by atoms with Crippen LogP contribution in [0.15, 0.2) is 12.5 Å². The number of fused-ring (bicyclic) bond motifs is 1. The summed E-state index contributed by atoms with van der Waals surface area (Å²) >= 11 is 2.12. The van der Waals surface area contributed by atoms with Crippen LogP contribution in [-0.4, -0.2) is 24.5 Å². The van der Waals surface area contributed by atoms with Gasteiger partial charge in [-0.3, -0.25) is 4.98 Å². The van der Waals surface area contributed by atoms with Crippen molar-refractivity contribution >= 4 is 39.7 Å². The summed E-state index contributed by atoms with van der Waals surface area (Å²) in [5.41, 5.74) is 11.9. The Morgan fingerprint density at radius 3 is 2.67 bits per heavy atom. The topological polar surface area (TPSA) is 82.5 Å². The molecule has 3 heterocycles. The Balaban J connectivity index is 2.09. The zero-order valence-corrected chi connectivity index (χ0v) is 14.2. The molecule has 0 amide bonds. The van der Waals surface area contributed by atoms with Gasteiger partial charge >= 0.3 is 0 Å². The predicted octanol–water partition coefficient (Wildman–Crippen LogP) is 2.38. The van der Waals surface area contributed by atoms with Crippen LogP contribution < -0.4 is 5.73 Å². The second-order valence-corrected chi connectivity index (χ2v) is 6.08. The predicted molar refractivity (Wildman–Crippen MR) is 90.0 cm³/mol. The fraction of sp³-hybridized carbons (Fsp3) is 0.286. The van der Waals surface area contributed by atoms with Gasteiger partial charge in [0.25, 0.3) is 0 Å². The molecule has 0 aromatic carbocycles. The molecule has 0 spiro atoms. The number of pyridine rings is 1. The molecule has 0 aliphatic rings. The maximum absolute atomic E-state index is 5.74. The van der Waals surface area contributed by atoms with Gasteiger partial charge in [-0.05, 0) is 60.1 Å². The van der Waals surface area contributed by atoms with Crippen molar-refractivity contribution < 1.29 is 0 Å². The van der Waals surface area contributed by atoms with E-state index in [-0.39, 0.29) is 5.95 Å². The fourth-order valence-corrected chi connectivity index (χ4v) is 2.87. The van der Waals surface area contributed by atoms with Crippen molar-refractivity contribution in [1.29, 1.82) is 0 Å². The lowest BCUT2D eigenvalue weighted by Crippen LogP contribution is -2.07. The van der Waals surface area contributed by atoms with Crippen molar-refractivity contribution in [3.8, 4) is 0 Å². The molecule has 3 rings (SSSR count). The Bertz CT molecular complexity index is 839. The Morgan fingerprint density at radius 1 is 1.14 bits per heavy atom. The highest BCUT2D eigenvalue weighted by molar-refractivity contribution is 14.1. The molecule has 0 fully saturated rings. The molecule has 0 aliphatic heterocycles. The molecule has 3 aromatic heterocycles. The zero-order valence-electron chi connectivity index (χ0n) is 12.1. The standard InChI is InChI=1S/C14H15IN6/c1-7-4-17-10(9(3)8(7)2)5-21-6-18-11-12(15)19-14(16)20-13(11)21/h4,6H,5H2,1-3H3,(H2,16,19,20). The van der Waals surface area contributed by atoms with Crippen molar-refractivity contribution in [1.82, 2.24) is 24.5 Å².